The van der Waals surface area contributed by atoms with E-state index in [4.69, 9.17) is 23.2 Å². The number of hydrogen-bond donors (Lipinski definition) is 1. The van der Waals surface area contributed by atoms with Gasteiger partial charge in [-0.3, -0.25) is 0 Å². The van der Waals surface area contributed by atoms with Gasteiger partial charge < -0.3 is 5.32 Å². The molecule has 0 amide bonds. The van der Waals surface area contributed by atoms with E-state index in [2.05, 4.69) is 31.2 Å². The Morgan fingerprint density at radius 3 is 2.76 bits per heavy atom. The summed E-state index contributed by atoms with van der Waals surface area (Å²) in [5.41, 5.74) is 0.531. The third kappa shape index (κ3) is 3.06. The van der Waals surface area contributed by atoms with Crippen LogP contribution >= 0.6 is 39.1 Å². The first-order valence-corrected chi connectivity index (χ1v) is 6.01. The Kier molecular flexibility index (Phi) is 3.81. The smallest absolute Gasteiger partial charge is 0.224 e. The third-order valence-corrected chi connectivity index (χ3v) is 2.97. The zero-order valence-electron chi connectivity index (χ0n) is 8.22. The largest absolute Gasteiger partial charge is 0.338 e. The molecule has 1 heterocycles. The van der Waals surface area contributed by atoms with E-state index < -0.39 is 5.82 Å². The van der Waals surface area contributed by atoms with Crippen molar-refractivity contribution < 1.29 is 4.39 Å². The van der Waals surface area contributed by atoms with Gasteiger partial charge in [-0.1, -0.05) is 11.6 Å². The lowest BCUT2D eigenvalue weighted by atomic mass is 10.3. The first-order valence-electron chi connectivity index (χ1n) is 4.46. The number of benzene rings is 1. The molecule has 0 saturated heterocycles. The lowest BCUT2D eigenvalue weighted by Gasteiger charge is -2.09. The third-order valence-electron chi connectivity index (χ3n) is 1.90. The molecule has 7 heteroatoms. The van der Waals surface area contributed by atoms with E-state index in [9.17, 15) is 4.39 Å². The van der Waals surface area contributed by atoms with Crippen LogP contribution < -0.4 is 5.32 Å². The molecule has 2 rings (SSSR count). The molecule has 1 aromatic heterocycles. The van der Waals surface area contributed by atoms with Crippen molar-refractivity contribution in [3.63, 3.8) is 0 Å². The van der Waals surface area contributed by atoms with Crippen LogP contribution in [0, 0.1) is 5.82 Å². The fourth-order valence-corrected chi connectivity index (χ4v) is 1.79. The van der Waals surface area contributed by atoms with Gasteiger partial charge in [-0.05, 0) is 45.7 Å². The van der Waals surface area contributed by atoms with Gasteiger partial charge >= 0.3 is 0 Å². The SMILES string of the molecule is Fc1ccc(Nc2nc(Cl)ncc2Br)c(Cl)c1. The second-order valence-corrected chi connectivity index (χ2v) is 4.68. The molecule has 0 atom stereocenters. The summed E-state index contributed by atoms with van der Waals surface area (Å²) in [5, 5.41) is 3.29. The van der Waals surface area contributed by atoms with Gasteiger partial charge in [-0.2, -0.15) is 4.98 Å². The molecule has 0 spiro atoms. The minimum atomic E-state index is -0.402. The van der Waals surface area contributed by atoms with Crippen LogP contribution in [0.1, 0.15) is 0 Å². The number of hydrogen-bond acceptors (Lipinski definition) is 3. The lowest BCUT2D eigenvalue weighted by Crippen LogP contribution is -1.97. The topological polar surface area (TPSA) is 37.8 Å². The molecule has 0 aliphatic heterocycles. The number of halogens is 4. The summed E-state index contributed by atoms with van der Waals surface area (Å²) in [6.07, 6.45) is 1.51. The van der Waals surface area contributed by atoms with E-state index in [-0.39, 0.29) is 10.3 Å². The summed E-state index contributed by atoms with van der Waals surface area (Å²) in [6.45, 7) is 0. The second-order valence-electron chi connectivity index (χ2n) is 3.08. The highest BCUT2D eigenvalue weighted by Crippen LogP contribution is 2.29. The van der Waals surface area contributed by atoms with Crippen LogP contribution in [-0.2, 0) is 0 Å². The van der Waals surface area contributed by atoms with Gasteiger partial charge in [0, 0.05) is 6.20 Å². The minimum Gasteiger partial charge on any atom is -0.338 e. The maximum Gasteiger partial charge on any atom is 0.224 e. The molecule has 3 nitrogen and oxygen atoms in total. The number of aromatic nitrogens is 2. The summed E-state index contributed by atoms with van der Waals surface area (Å²) < 4.78 is 13.5. The Hall–Kier alpha value is -0.910. The molecular formula is C10H5BrCl2FN3. The van der Waals surface area contributed by atoms with Crippen LogP contribution in [0.2, 0.25) is 10.3 Å². The Bertz CT molecular complexity index is 565. The Morgan fingerprint density at radius 2 is 2.06 bits per heavy atom. The van der Waals surface area contributed by atoms with E-state index in [0.717, 1.165) is 0 Å². The molecule has 0 aliphatic carbocycles. The standard InChI is InChI=1S/C10H5BrCl2FN3/c11-6-4-15-10(13)17-9(6)16-8-2-1-5(14)3-7(8)12/h1-4H,(H,15,16,17). The Labute approximate surface area is 115 Å². The average molecular weight is 337 g/mol. The van der Waals surface area contributed by atoms with E-state index in [0.29, 0.717) is 16.0 Å². The summed E-state index contributed by atoms with van der Waals surface area (Å²) in [4.78, 5) is 7.77. The van der Waals surface area contributed by atoms with Crippen molar-refractivity contribution >= 4 is 50.6 Å². The number of nitrogens with one attached hydrogen (secondary N) is 1. The number of rotatable bonds is 2. The predicted molar refractivity (Wildman–Crippen MR) is 69.4 cm³/mol. The predicted octanol–water partition coefficient (Wildman–Crippen LogP) is 4.43. The van der Waals surface area contributed by atoms with Gasteiger partial charge in [-0.15, -0.1) is 0 Å². The maximum atomic E-state index is 12.9. The minimum absolute atomic E-state index is 0.105. The van der Waals surface area contributed by atoms with Crippen LogP contribution in [0.5, 0.6) is 0 Å². The lowest BCUT2D eigenvalue weighted by molar-refractivity contribution is 0.628. The van der Waals surface area contributed by atoms with Crippen LogP contribution in [0.4, 0.5) is 15.9 Å². The molecule has 1 N–H and O–H groups in total. The van der Waals surface area contributed by atoms with Crippen molar-refractivity contribution in [2.45, 2.75) is 0 Å². The van der Waals surface area contributed by atoms with E-state index >= 15 is 0 Å². The Morgan fingerprint density at radius 1 is 1.29 bits per heavy atom. The average Bonchev–Trinajstić information content (AvgIpc) is 2.27. The van der Waals surface area contributed by atoms with Crippen molar-refractivity contribution in [3.05, 3.63) is 45.0 Å². The summed E-state index contributed by atoms with van der Waals surface area (Å²) >= 11 is 14.8. The second kappa shape index (κ2) is 5.16. The summed E-state index contributed by atoms with van der Waals surface area (Å²) in [6, 6.07) is 4.02. The molecule has 0 unspecified atom stereocenters. The highest BCUT2D eigenvalue weighted by molar-refractivity contribution is 9.10. The first kappa shape index (κ1) is 12.5. The quantitative estimate of drug-likeness (QED) is 0.824. The van der Waals surface area contributed by atoms with Crippen LogP contribution in [0.3, 0.4) is 0 Å². The molecule has 0 saturated carbocycles. The fourth-order valence-electron chi connectivity index (χ4n) is 1.15. The molecule has 17 heavy (non-hydrogen) atoms. The zero-order valence-corrected chi connectivity index (χ0v) is 11.3. The van der Waals surface area contributed by atoms with Crippen molar-refractivity contribution in [1.82, 2.24) is 9.97 Å². The zero-order chi connectivity index (χ0) is 12.4. The van der Waals surface area contributed by atoms with Crippen LogP contribution in [0.15, 0.2) is 28.9 Å². The monoisotopic (exact) mass is 335 g/mol. The Balaban J connectivity index is 2.34. The van der Waals surface area contributed by atoms with Crippen LogP contribution in [0.25, 0.3) is 0 Å². The normalized spacial score (nSPS) is 10.4. The highest BCUT2D eigenvalue weighted by atomic mass is 79.9. The van der Waals surface area contributed by atoms with Gasteiger partial charge in [0.1, 0.15) is 11.6 Å². The summed E-state index contributed by atoms with van der Waals surface area (Å²) in [5.74, 6) is 0.0545. The molecule has 88 valence electrons. The fraction of sp³-hybridized carbons (Fsp3) is 0. The van der Waals surface area contributed by atoms with Crippen molar-refractivity contribution in [2.75, 3.05) is 5.32 Å². The van der Waals surface area contributed by atoms with Gasteiger partial charge in [0.05, 0.1) is 15.2 Å². The molecule has 0 fully saturated rings. The van der Waals surface area contributed by atoms with Crippen molar-refractivity contribution in [3.8, 4) is 0 Å². The molecule has 2 aromatic rings. The molecule has 0 aliphatic rings. The molecule has 1 aromatic carbocycles. The van der Waals surface area contributed by atoms with E-state index in [1.165, 1.54) is 24.4 Å². The summed E-state index contributed by atoms with van der Waals surface area (Å²) in [7, 11) is 0. The van der Waals surface area contributed by atoms with Crippen molar-refractivity contribution in [2.24, 2.45) is 0 Å². The van der Waals surface area contributed by atoms with Crippen molar-refractivity contribution in [1.29, 1.82) is 0 Å². The molecule has 0 radical (unpaired) electrons. The van der Waals surface area contributed by atoms with Gasteiger partial charge in [-0.25, -0.2) is 9.37 Å². The molecule has 0 bridgehead atoms. The number of nitrogens with zero attached hydrogens (tertiary/aromatic N) is 2. The van der Waals surface area contributed by atoms with Gasteiger partial charge in [0.2, 0.25) is 5.28 Å². The highest BCUT2D eigenvalue weighted by Gasteiger charge is 2.07. The maximum absolute atomic E-state index is 12.9. The number of anilines is 2. The molecular weight excluding hydrogens is 332 g/mol. The first-order chi connectivity index (χ1) is 8.06. The van der Waals surface area contributed by atoms with Gasteiger partial charge in [0.15, 0.2) is 0 Å². The van der Waals surface area contributed by atoms with E-state index in [1.807, 2.05) is 0 Å². The van der Waals surface area contributed by atoms with E-state index in [1.54, 1.807) is 0 Å². The van der Waals surface area contributed by atoms with Crippen LogP contribution in [-0.4, -0.2) is 9.97 Å². The van der Waals surface area contributed by atoms with Gasteiger partial charge in [0.25, 0.3) is 0 Å².